The summed E-state index contributed by atoms with van der Waals surface area (Å²) in [7, 11) is 2.00. The summed E-state index contributed by atoms with van der Waals surface area (Å²) in [5.41, 5.74) is 3.30. The lowest BCUT2D eigenvalue weighted by atomic mass is 9.83. The lowest BCUT2D eigenvalue weighted by Crippen LogP contribution is -2.44. The highest BCUT2D eigenvalue weighted by atomic mass is 16.7. The van der Waals surface area contributed by atoms with Gasteiger partial charge in [0.05, 0.1) is 25.7 Å². The van der Waals surface area contributed by atoms with E-state index in [1.165, 1.54) is 5.06 Å². The molecule has 1 aromatic carbocycles. The average molecular weight is 498 g/mol. The molecule has 0 bridgehead atoms. The minimum absolute atomic E-state index is 0.110. The number of carbonyl (C=O) groups is 2. The number of amides is 1. The molecule has 1 fully saturated rings. The van der Waals surface area contributed by atoms with Gasteiger partial charge in [0, 0.05) is 50.4 Å². The van der Waals surface area contributed by atoms with Gasteiger partial charge < -0.3 is 14.4 Å². The molecule has 3 atom stereocenters. The average Bonchev–Trinajstić information content (AvgIpc) is 3.58. The SMILES string of the molecule is CCCON(CCC)C(=O)CN1C[C@H](c2ccc3c(c2)CCO3)C(C(=O)O)[C@@H]1CCc1cccn1C. The molecule has 1 N–H and O–H groups in total. The number of carboxylic acids is 1. The van der Waals surface area contributed by atoms with Crippen molar-refractivity contribution in [2.24, 2.45) is 13.0 Å². The summed E-state index contributed by atoms with van der Waals surface area (Å²) in [5, 5.41) is 11.9. The van der Waals surface area contributed by atoms with Crippen molar-refractivity contribution in [3.05, 3.63) is 53.3 Å². The first-order chi connectivity index (χ1) is 17.4. The lowest BCUT2D eigenvalue weighted by molar-refractivity contribution is -0.188. The van der Waals surface area contributed by atoms with E-state index in [4.69, 9.17) is 9.57 Å². The fraction of sp³-hybridized carbons (Fsp3) is 0.571. The summed E-state index contributed by atoms with van der Waals surface area (Å²) < 4.78 is 7.73. The molecular formula is C28H39N3O5. The molecule has 0 saturated carbocycles. The van der Waals surface area contributed by atoms with E-state index in [9.17, 15) is 14.7 Å². The highest BCUT2D eigenvalue weighted by Gasteiger charge is 2.47. The van der Waals surface area contributed by atoms with Crippen LogP contribution in [0.25, 0.3) is 0 Å². The third-order valence-corrected chi connectivity index (χ3v) is 7.42. The zero-order chi connectivity index (χ0) is 25.7. The van der Waals surface area contributed by atoms with Crippen molar-refractivity contribution in [3.63, 3.8) is 0 Å². The number of likely N-dealkylation sites (tertiary alicyclic amines) is 1. The monoisotopic (exact) mass is 497 g/mol. The molecule has 2 aliphatic rings. The first-order valence-electron chi connectivity index (χ1n) is 13.2. The van der Waals surface area contributed by atoms with Crippen molar-refractivity contribution in [1.29, 1.82) is 0 Å². The van der Waals surface area contributed by atoms with Crippen LogP contribution in [-0.4, -0.2) is 70.4 Å². The van der Waals surface area contributed by atoms with Crippen LogP contribution in [0.15, 0.2) is 36.5 Å². The van der Waals surface area contributed by atoms with E-state index in [1.54, 1.807) is 0 Å². The number of hydroxylamine groups is 2. The van der Waals surface area contributed by atoms with E-state index in [0.717, 1.165) is 48.3 Å². The van der Waals surface area contributed by atoms with Crippen molar-refractivity contribution in [3.8, 4) is 5.75 Å². The summed E-state index contributed by atoms with van der Waals surface area (Å²) in [4.78, 5) is 33.8. The second-order valence-corrected chi connectivity index (χ2v) is 9.91. The van der Waals surface area contributed by atoms with Gasteiger partial charge in [0.2, 0.25) is 0 Å². The quantitative estimate of drug-likeness (QED) is 0.451. The first-order valence-corrected chi connectivity index (χ1v) is 13.2. The standard InChI is InChI=1S/C28H39N3O5/c1-4-13-31(36-15-5-2)26(32)19-30-18-23(20-8-11-25-21(17-20)12-16-35-25)27(28(33)34)24(30)10-9-22-7-6-14-29(22)3/h6-8,11,14,17,23-24,27H,4-5,9-10,12-13,15-16,18-19H2,1-3H3,(H,33,34)/t23-,24+,27?/m1/s1. The molecule has 8 nitrogen and oxygen atoms in total. The van der Waals surface area contributed by atoms with Crippen LogP contribution >= 0.6 is 0 Å². The Labute approximate surface area is 213 Å². The fourth-order valence-corrected chi connectivity index (χ4v) is 5.60. The van der Waals surface area contributed by atoms with E-state index in [0.29, 0.717) is 32.7 Å². The normalized spacial score (nSPS) is 21.4. The van der Waals surface area contributed by atoms with Gasteiger partial charge >= 0.3 is 5.97 Å². The van der Waals surface area contributed by atoms with E-state index in [-0.39, 0.29) is 24.4 Å². The van der Waals surface area contributed by atoms with Crippen molar-refractivity contribution in [2.75, 3.05) is 32.8 Å². The highest BCUT2D eigenvalue weighted by molar-refractivity contribution is 5.78. The Bertz CT molecular complexity index is 1050. The summed E-state index contributed by atoms with van der Waals surface area (Å²) in [5.74, 6) is -0.831. The number of rotatable bonds is 12. The van der Waals surface area contributed by atoms with Crippen LogP contribution in [0.2, 0.25) is 0 Å². The van der Waals surface area contributed by atoms with Gasteiger partial charge in [-0.1, -0.05) is 26.0 Å². The summed E-state index contributed by atoms with van der Waals surface area (Å²) in [6.45, 7) is 6.37. The molecule has 1 saturated heterocycles. The van der Waals surface area contributed by atoms with Crippen molar-refractivity contribution >= 4 is 11.9 Å². The number of fused-ring (bicyclic) bond motifs is 1. The number of benzene rings is 1. The zero-order valence-electron chi connectivity index (χ0n) is 21.7. The Morgan fingerprint density at radius 2 is 2.06 bits per heavy atom. The second-order valence-electron chi connectivity index (χ2n) is 9.91. The van der Waals surface area contributed by atoms with E-state index >= 15 is 0 Å². The Morgan fingerprint density at radius 1 is 1.22 bits per heavy atom. The second kappa shape index (κ2) is 11.9. The maximum atomic E-state index is 13.3. The number of hydrogen-bond donors (Lipinski definition) is 1. The highest BCUT2D eigenvalue weighted by Crippen LogP contribution is 2.41. The number of nitrogens with zero attached hydrogens (tertiary/aromatic N) is 3. The van der Waals surface area contributed by atoms with Crippen LogP contribution < -0.4 is 4.74 Å². The number of carbonyl (C=O) groups excluding carboxylic acids is 1. The Morgan fingerprint density at radius 3 is 2.75 bits per heavy atom. The third-order valence-electron chi connectivity index (χ3n) is 7.42. The number of ether oxygens (including phenoxy) is 1. The number of aliphatic carboxylic acids is 1. The number of carboxylic acid groups (broad SMARTS) is 1. The van der Waals surface area contributed by atoms with Crippen molar-refractivity contribution in [2.45, 2.75) is 57.9 Å². The first kappa shape index (κ1) is 26.2. The van der Waals surface area contributed by atoms with Gasteiger partial charge in [-0.2, -0.15) is 0 Å². The van der Waals surface area contributed by atoms with E-state index in [1.807, 2.05) is 45.3 Å². The maximum absolute atomic E-state index is 13.3. The molecule has 1 aromatic heterocycles. The van der Waals surface area contributed by atoms with Gasteiger partial charge in [-0.3, -0.25) is 19.3 Å². The predicted molar refractivity (Wildman–Crippen MR) is 137 cm³/mol. The Balaban J connectivity index is 1.60. The largest absolute Gasteiger partial charge is 0.493 e. The van der Waals surface area contributed by atoms with Crippen LogP contribution in [0.3, 0.4) is 0 Å². The molecule has 0 aliphatic carbocycles. The Kier molecular flexibility index (Phi) is 8.69. The number of aromatic nitrogens is 1. The van der Waals surface area contributed by atoms with E-state index < -0.39 is 11.9 Å². The van der Waals surface area contributed by atoms with Gasteiger partial charge in [0.1, 0.15) is 5.75 Å². The molecule has 2 aliphatic heterocycles. The molecule has 8 heteroatoms. The van der Waals surface area contributed by atoms with E-state index in [2.05, 4.69) is 21.6 Å². The molecule has 36 heavy (non-hydrogen) atoms. The van der Waals surface area contributed by atoms with Gasteiger partial charge in [-0.15, -0.1) is 0 Å². The minimum atomic E-state index is -0.809. The molecule has 3 heterocycles. The predicted octanol–water partition coefficient (Wildman–Crippen LogP) is 3.64. The third kappa shape index (κ3) is 5.76. The van der Waals surface area contributed by atoms with Crippen LogP contribution in [0, 0.1) is 5.92 Å². The van der Waals surface area contributed by atoms with Crippen LogP contribution in [0.5, 0.6) is 5.75 Å². The molecule has 1 amide bonds. The maximum Gasteiger partial charge on any atom is 0.308 e. The smallest absolute Gasteiger partial charge is 0.308 e. The van der Waals surface area contributed by atoms with Gasteiger partial charge in [-0.25, -0.2) is 5.06 Å². The molecule has 0 radical (unpaired) electrons. The lowest BCUT2D eigenvalue weighted by Gasteiger charge is -2.29. The summed E-state index contributed by atoms with van der Waals surface area (Å²) in [6.07, 6.45) is 5.87. The topological polar surface area (TPSA) is 84.2 Å². The minimum Gasteiger partial charge on any atom is -0.493 e. The van der Waals surface area contributed by atoms with Crippen LogP contribution in [0.4, 0.5) is 0 Å². The van der Waals surface area contributed by atoms with Crippen LogP contribution in [-0.2, 0) is 34.3 Å². The molecule has 196 valence electrons. The zero-order valence-corrected chi connectivity index (χ0v) is 21.7. The molecule has 1 unspecified atom stereocenters. The Hall–Kier alpha value is -2.84. The molecular weight excluding hydrogens is 458 g/mol. The van der Waals surface area contributed by atoms with Gasteiger partial charge in [-0.05, 0) is 55.0 Å². The number of hydrogen-bond acceptors (Lipinski definition) is 5. The fourth-order valence-electron chi connectivity index (χ4n) is 5.60. The summed E-state index contributed by atoms with van der Waals surface area (Å²) >= 11 is 0. The molecule has 2 aromatic rings. The van der Waals surface area contributed by atoms with Gasteiger partial charge in [0.15, 0.2) is 0 Å². The van der Waals surface area contributed by atoms with Crippen molar-refractivity contribution in [1.82, 2.24) is 14.5 Å². The van der Waals surface area contributed by atoms with Crippen LogP contribution in [0.1, 0.15) is 55.8 Å². The van der Waals surface area contributed by atoms with Crippen molar-refractivity contribution < 1.29 is 24.3 Å². The molecule has 0 spiro atoms. The number of aryl methyl sites for hydroxylation is 2. The molecule has 4 rings (SSSR count). The van der Waals surface area contributed by atoms with Gasteiger partial charge in [0.25, 0.3) is 5.91 Å². The summed E-state index contributed by atoms with van der Waals surface area (Å²) in [6, 6.07) is 9.88.